The monoisotopic (exact) mass is 590 g/mol. The largest absolute Gasteiger partial charge is 0.486 e. The van der Waals surface area contributed by atoms with E-state index in [1.165, 1.54) is 32.4 Å². The first-order valence-corrected chi connectivity index (χ1v) is 11.3. The summed E-state index contributed by atoms with van der Waals surface area (Å²) in [6.07, 6.45) is 1.47. The summed E-state index contributed by atoms with van der Waals surface area (Å²) in [5.74, 6) is 0.532. The molecule has 0 atom stereocenters. The van der Waals surface area contributed by atoms with Crippen molar-refractivity contribution in [3.8, 4) is 0 Å². The van der Waals surface area contributed by atoms with Gasteiger partial charge in [-0.3, -0.25) is 0 Å². The Labute approximate surface area is 239 Å². The molecule has 14 heteroatoms. The van der Waals surface area contributed by atoms with Crippen molar-refractivity contribution in [1.29, 1.82) is 0 Å². The van der Waals surface area contributed by atoms with E-state index in [9.17, 15) is 9.59 Å². The first-order valence-electron chi connectivity index (χ1n) is 10.2. The van der Waals surface area contributed by atoms with Crippen LogP contribution in [0.25, 0.3) is 6.08 Å². The lowest BCUT2D eigenvalue weighted by atomic mass is 9.90. The fraction of sp³-hybridized carbons (Fsp3) is 0.417. The van der Waals surface area contributed by atoms with Crippen LogP contribution in [0.4, 0.5) is 0 Å². The van der Waals surface area contributed by atoms with Gasteiger partial charge in [-0.25, -0.2) is 29.5 Å². The van der Waals surface area contributed by atoms with E-state index in [2.05, 4.69) is 42.6 Å². The quantitative estimate of drug-likeness (QED) is 0.176. The summed E-state index contributed by atoms with van der Waals surface area (Å²) in [5, 5.41) is 0.0242. The van der Waals surface area contributed by atoms with Crippen LogP contribution < -0.4 is 0 Å². The number of ether oxygens (including phenoxy) is 2. The highest BCUT2D eigenvalue weighted by atomic mass is 35.5. The molecule has 1 fully saturated rings. The number of aromatic nitrogens is 4. The smallest absolute Gasteiger partial charge is 0.464 e. The van der Waals surface area contributed by atoms with E-state index in [0.717, 1.165) is 0 Å². The highest BCUT2D eigenvalue weighted by Gasteiger charge is 2.49. The first-order chi connectivity index (χ1) is 16.7. The number of hydrogen-bond acceptors (Lipinski definition) is 10. The minimum absolute atomic E-state index is 0. The molecule has 2 aromatic rings. The molecule has 0 spiro atoms. The molecule has 210 valence electrons. The van der Waals surface area contributed by atoms with Crippen LogP contribution in [0.3, 0.4) is 0 Å². The van der Waals surface area contributed by atoms with Crippen LogP contribution in [-0.4, -0.2) is 64.4 Å². The SMILES string of the molecule is C.C.C=CB1OC(C)(C)C(C)(C)O1.C=Cc1cc(C(=O)OC)nc(Cl)n1.COC(=O)c1cc(Cl)nc(Cl)n1. The molecule has 0 radical (unpaired) electrons. The minimum Gasteiger partial charge on any atom is -0.464 e. The van der Waals surface area contributed by atoms with E-state index in [0.29, 0.717) is 5.69 Å². The number of rotatable bonds is 4. The highest BCUT2D eigenvalue weighted by Crippen LogP contribution is 2.36. The van der Waals surface area contributed by atoms with Gasteiger partial charge in [-0.2, -0.15) is 0 Å². The van der Waals surface area contributed by atoms with Crippen molar-refractivity contribution < 1.29 is 28.4 Å². The zero-order valence-corrected chi connectivity index (χ0v) is 22.9. The topological polar surface area (TPSA) is 123 Å². The number of nitrogens with zero attached hydrogens (tertiary/aromatic N) is 4. The molecule has 0 bridgehead atoms. The lowest BCUT2D eigenvalue weighted by Crippen LogP contribution is -2.41. The number of esters is 2. The highest BCUT2D eigenvalue weighted by molar-refractivity contribution is 6.51. The van der Waals surface area contributed by atoms with Gasteiger partial charge < -0.3 is 18.8 Å². The molecule has 3 rings (SSSR count). The molecular formula is C24H34BCl3N4O6. The van der Waals surface area contributed by atoms with E-state index in [-0.39, 0.29) is 60.3 Å². The zero-order chi connectivity index (χ0) is 27.7. The fourth-order valence-corrected chi connectivity index (χ4v) is 2.93. The molecule has 0 unspecified atom stereocenters. The third kappa shape index (κ3) is 11.0. The van der Waals surface area contributed by atoms with E-state index < -0.39 is 11.9 Å². The molecule has 38 heavy (non-hydrogen) atoms. The number of hydrogen-bond donors (Lipinski definition) is 0. The molecule has 0 N–H and O–H groups in total. The summed E-state index contributed by atoms with van der Waals surface area (Å²) >= 11 is 16.5. The predicted octanol–water partition coefficient (Wildman–Crippen LogP) is 6.21. The van der Waals surface area contributed by atoms with Gasteiger partial charge in [0, 0.05) is 6.07 Å². The van der Waals surface area contributed by atoms with Crippen molar-refractivity contribution >= 4 is 59.9 Å². The number of methoxy groups -OCH3 is 2. The Morgan fingerprint density at radius 3 is 1.61 bits per heavy atom. The van der Waals surface area contributed by atoms with Crippen LogP contribution in [0.1, 0.15) is 69.2 Å². The molecule has 0 amide bonds. The Kier molecular flexibility index (Phi) is 16.2. The molecule has 0 aliphatic carbocycles. The van der Waals surface area contributed by atoms with Crippen molar-refractivity contribution in [2.24, 2.45) is 0 Å². The van der Waals surface area contributed by atoms with Gasteiger partial charge in [0.15, 0.2) is 11.4 Å². The zero-order valence-electron chi connectivity index (χ0n) is 20.7. The summed E-state index contributed by atoms with van der Waals surface area (Å²) in [5.41, 5.74) is 0.192. The molecule has 1 aliphatic heterocycles. The van der Waals surface area contributed by atoms with Crippen molar-refractivity contribution in [2.45, 2.75) is 53.8 Å². The van der Waals surface area contributed by atoms with Crippen LogP contribution in [0.5, 0.6) is 0 Å². The van der Waals surface area contributed by atoms with Crippen LogP contribution in [0, 0.1) is 0 Å². The van der Waals surface area contributed by atoms with Crippen molar-refractivity contribution in [3.63, 3.8) is 0 Å². The third-order valence-electron chi connectivity index (χ3n) is 4.85. The summed E-state index contributed by atoms with van der Waals surface area (Å²) in [7, 11) is 2.26. The molecule has 10 nitrogen and oxygen atoms in total. The molecular weight excluding hydrogens is 557 g/mol. The second kappa shape index (κ2) is 16.4. The maximum absolute atomic E-state index is 11.0. The Bertz CT molecular complexity index is 1080. The Morgan fingerprint density at radius 1 is 0.842 bits per heavy atom. The van der Waals surface area contributed by atoms with Crippen LogP contribution in [0.2, 0.25) is 15.7 Å². The van der Waals surface area contributed by atoms with Gasteiger partial charge in [-0.1, -0.05) is 39.0 Å². The average Bonchev–Trinajstić information content (AvgIpc) is 3.03. The molecule has 2 aromatic heterocycles. The first kappa shape index (κ1) is 37.6. The van der Waals surface area contributed by atoms with Gasteiger partial charge in [-0.15, -0.1) is 6.58 Å². The summed E-state index contributed by atoms with van der Waals surface area (Å²) in [6, 6.07) is 2.73. The van der Waals surface area contributed by atoms with E-state index in [4.69, 9.17) is 44.1 Å². The second-order valence-corrected chi connectivity index (χ2v) is 8.90. The van der Waals surface area contributed by atoms with Crippen LogP contribution in [-0.2, 0) is 18.8 Å². The standard InChI is InChI=1S/C8H15BO2.C8H7ClN2O2.C6H4Cl2N2O2.2CH4/c1-6-9-10-7(2,3)8(4,5)11-9;1-3-5-4-6(7(12)13-2)11-8(9)10-5;1-12-5(11)3-2-4(7)10-6(8)9-3;;/h6H,1H2,2-5H3;3-4H,1H2,2H3;2H,1H3;2*1H4. The fourth-order valence-electron chi connectivity index (χ4n) is 2.33. The van der Waals surface area contributed by atoms with E-state index in [1.807, 2.05) is 27.7 Å². The number of carbonyl (C=O) groups excluding carboxylic acids is 2. The van der Waals surface area contributed by atoms with Gasteiger partial charge in [-0.05, 0) is 63.0 Å². The Balaban J connectivity index is 0. The maximum atomic E-state index is 11.0. The lowest BCUT2D eigenvalue weighted by Gasteiger charge is -2.32. The van der Waals surface area contributed by atoms with Gasteiger partial charge in [0.25, 0.3) is 0 Å². The van der Waals surface area contributed by atoms with E-state index >= 15 is 0 Å². The van der Waals surface area contributed by atoms with Gasteiger partial charge in [0.05, 0.1) is 31.1 Å². The van der Waals surface area contributed by atoms with E-state index in [1.54, 1.807) is 5.98 Å². The van der Waals surface area contributed by atoms with Crippen molar-refractivity contribution in [3.05, 3.63) is 64.1 Å². The predicted molar refractivity (Wildman–Crippen MR) is 152 cm³/mol. The van der Waals surface area contributed by atoms with Crippen molar-refractivity contribution in [1.82, 2.24) is 19.9 Å². The molecule has 0 aromatic carbocycles. The second-order valence-electron chi connectivity index (χ2n) is 7.84. The molecule has 1 saturated heterocycles. The summed E-state index contributed by atoms with van der Waals surface area (Å²) in [6.45, 7) is 15.2. The van der Waals surface area contributed by atoms with Gasteiger partial charge in [0.1, 0.15) is 5.15 Å². The lowest BCUT2D eigenvalue weighted by molar-refractivity contribution is 0.00578. The number of carbonyl (C=O) groups is 2. The van der Waals surface area contributed by atoms with Crippen LogP contribution >= 0.6 is 34.8 Å². The number of halogens is 3. The van der Waals surface area contributed by atoms with Gasteiger partial charge in [0.2, 0.25) is 10.6 Å². The van der Waals surface area contributed by atoms with Crippen molar-refractivity contribution in [2.75, 3.05) is 14.2 Å². The normalized spacial score (nSPS) is 14.1. The molecule has 0 saturated carbocycles. The summed E-state index contributed by atoms with van der Waals surface area (Å²) in [4.78, 5) is 36.6. The average molecular weight is 592 g/mol. The summed E-state index contributed by atoms with van der Waals surface area (Å²) < 4.78 is 20.0. The Morgan fingerprint density at radius 2 is 1.26 bits per heavy atom. The molecule has 1 aliphatic rings. The van der Waals surface area contributed by atoms with Crippen LogP contribution in [0.15, 0.2) is 31.3 Å². The Hall–Kier alpha value is -2.57. The minimum atomic E-state index is -0.596. The third-order valence-corrected chi connectivity index (χ3v) is 5.38. The molecule has 3 heterocycles. The maximum Gasteiger partial charge on any atom is 0.486 e. The van der Waals surface area contributed by atoms with Gasteiger partial charge >= 0.3 is 19.1 Å².